The predicted octanol–water partition coefficient (Wildman–Crippen LogP) is 2.00. The highest BCUT2D eigenvalue weighted by Gasteiger charge is 2.31. The smallest absolute Gasteiger partial charge is 0.244 e. The van der Waals surface area contributed by atoms with Crippen LogP contribution in [-0.2, 0) is 22.5 Å². The molecule has 0 bridgehead atoms. The molecule has 2 aliphatic heterocycles. The maximum Gasteiger partial charge on any atom is 0.244 e. The lowest BCUT2D eigenvalue weighted by Gasteiger charge is -2.30. The first-order valence-electron chi connectivity index (χ1n) is 10.3. The molecule has 1 fully saturated rings. The van der Waals surface area contributed by atoms with E-state index in [1.54, 1.807) is 37.2 Å². The van der Waals surface area contributed by atoms with Crippen LogP contribution in [0.5, 0.6) is 0 Å². The Labute approximate surface area is 170 Å². The Bertz CT molecular complexity index is 837. The van der Waals surface area contributed by atoms with Crippen molar-refractivity contribution >= 4 is 5.91 Å². The zero-order chi connectivity index (χ0) is 20.4. The number of carbonyl (C=O) groups excluding carboxylic acids is 1. The average molecular weight is 401 g/mol. The number of benzene rings is 1. The topological polar surface area (TPSA) is 63.5 Å². The monoisotopic (exact) mass is 401 g/mol. The van der Waals surface area contributed by atoms with E-state index in [1.807, 2.05) is 9.58 Å². The molecule has 1 aromatic carbocycles. The normalized spacial score (nSPS) is 19.1. The van der Waals surface area contributed by atoms with Gasteiger partial charge < -0.3 is 9.64 Å². The van der Waals surface area contributed by atoms with Crippen LogP contribution in [0.3, 0.4) is 0 Å². The molecule has 0 aliphatic carbocycles. The zero-order valence-corrected chi connectivity index (χ0v) is 17.1. The van der Waals surface area contributed by atoms with Crippen molar-refractivity contribution < 1.29 is 13.9 Å². The third-order valence-electron chi connectivity index (χ3n) is 5.80. The highest BCUT2D eigenvalue weighted by molar-refractivity contribution is 5.83. The largest absolute Gasteiger partial charge is 0.381 e. The number of aromatic nitrogens is 3. The Morgan fingerprint density at radius 3 is 2.69 bits per heavy atom. The summed E-state index contributed by atoms with van der Waals surface area (Å²) >= 11 is 0. The lowest BCUT2D eigenvalue weighted by molar-refractivity contribution is -0.136. The predicted molar refractivity (Wildman–Crippen MR) is 106 cm³/mol. The minimum absolute atomic E-state index is 0.0875. The van der Waals surface area contributed by atoms with Gasteiger partial charge in [-0.25, -0.2) is 14.1 Å². The second kappa shape index (κ2) is 8.59. The second-order valence-electron chi connectivity index (χ2n) is 7.96. The summed E-state index contributed by atoms with van der Waals surface area (Å²) in [6.45, 7) is 3.23. The first-order valence-corrected chi connectivity index (χ1v) is 10.3. The Morgan fingerprint density at radius 1 is 1.21 bits per heavy atom. The van der Waals surface area contributed by atoms with Gasteiger partial charge in [0.05, 0.1) is 6.54 Å². The van der Waals surface area contributed by atoms with Crippen LogP contribution in [0.15, 0.2) is 24.3 Å². The summed E-state index contributed by atoms with van der Waals surface area (Å²) in [6.07, 6.45) is 2.57. The first-order chi connectivity index (χ1) is 14.0. The minimum atomic E-state index is -0.646. The van der Waals surface area contributed by atoms with Gasteiger partial charge >= 0.3 is 0 Å². The molecule has 0 spiro atoms. The maximum atomic E-state index is 14.4. The molecular weight excluding hydrogens is 373 g/mol. The van der Waals surface area contributed by atoms with Crippen molar-refractivity contribution in [3.63, 3.8) is 0 Å². The number of fused-ring (bicyclic) bond motifs is 1. The summed E-state index contributed by atoms with van der Waals surface area (Å²) in [6, 6.07) is 5.85. The number of amides is 1. The first kappa shape index (κ1) is 20.0. The molecule has 29 heavy (non-hydrogen) atoms. The van der Waals surface area contributed by atoms with Gasteiger partial charge in [0, 0.05) is 44.2 Å². The lowest BCUT2D eigenvalue weighted by Crippen LogP contribution is -2.42. The number of hydrogen-bond donors (Lipinski definition) is 0. The number of likely N-dealkylation sites (N-methyl/N-ethyl adjacent to an activating group) is 1. The molecule has 3 heterocycles. The summed E-state index contributed by atoms with van der Waals surface area (Å²) in [4.78, 5) is 21.6. The summed E-state index contributed by atoms with van der Waals surface area (Å²) < 4.78 is 21.7. The van der Waals surface area contributed by atoms with Gasteiger partial charge in [0.25, 0.3) is 0 Å². The van der Waals surface area contributed by atoms with Gasteiger partial charge in [0.15, 0.2) is 5.82 Å². The maximum absolute atomic E-state index is 14.4. The summed E-state index contributed by atoms with van der Waals surface area (Å²) in [7, 11) is 3.61. The molecule has 1 amide bonds. The fraction of sp³-hybridized carbons (Fsp3) is 0.571. The minimum Gasteiger partial charge on any atom is -0.381 e. The quantitative estimate of drug-likeness (QED) is 0.784. The molecule has 1 unspecified atom stereocenters. The molecule has 2 aromatic rings. The molecule has 0 N–H and O–H groups in total. The van der Waals surface area contributed by atoms with Gasteiger partial charge in [-0.15, -0.1) is 0 Å². The van der Waals surface area contributed by atoms with Gasteiger partial charge in [-0.05, 0) is 33.0 Å². The Morgan fingerprint density at radius 2 is 1.97 bits per heavy atom. The number of rotatable bonds is 4. The second-order valence-corrected chi connectivity index (χ2v) is 7.96. The molecule has 8 heteroatoms. The summed E-state index contributed by atoms with van der Waals surface area (Å²) in [5.41, 5.74) is 0.407. The third kappa shape index (κ3) is 4.18. The highest BCUT2D eigenvalue weighted by atomic mass is 19.1. The summed E-state index contributed by atoms with van der Waals surface area (Å²) in [5, 5.41) is 4.72. The molecular formula is C21H28FN5O2. The molecule has 4 rings (SSSR count). The molecule has 0 radical (unpaired) electrons. The van der Waals surface area contributed by atoms with Crippen LogP contribution >= 0.6 is 0 Å². The van der Waals surface area contributed by atoms with Crippen molar-refractivity contribution in [1.82, 2.24) is 24.6 Å². The number of halogens is 1. The molecule has 156 valence electrons. The van der Waals surface area contributed by atoms with Crippen molar-refractivity contribution in [3.05, 3.63) is 47.3 Å². The summed E-state index contributed by atoms with van der Waals surface area (Å²) in [5.74, 6) is 1.75. The van der Waals surface area contributed by atoms with Crippen LogP contribution in [0, 0.1) is 5.82 Å². The van der Waals surface area contributed by atoms with Gasteiger partial charge in [-0.2, -0.15) is 5.10 Å². The van der Waals surface area contributed by atoms with E-state index in [2.05, 4.69) is 0 Å². The van der Waals surface area contributed by atoms with Crippen molar-refractivity contribution in [1.29, 1.82) is 0 Å². The van der Waals surface area contributed by atoms with Crippen LogP contribution in [-0.4, -0.2) is 70.9 Å². The Hall–Kier alpha value is -2.32. The van der Waals surface area contributed by atoms with Crippen molar-refractivity contribution in [2.75, 3.05) is 40.4 Å². The third-order valence-corrected chi connectivity index (χ3v) is 5.80. The van der Waals surface area contributed by atoms with Crippen LogP contribution in [0.1, 0.15) is 42.0 Å². The van der Waals surface area contributed by atoms with Gasteiger partial charge in [0.2, 0.25) is 5.91 Å². The fourth-order valence-corrected chi connectivity index (χ4v) is 4.17. The van der Waals surface area contributed by atoms with E-state index in [0.29, 0.717) is 37.5 Å². The number of nitrogens with zero attached hydrogens (tertiary/aromatic N) is 5. The number of hydrogen-bond acceptors (Lipinski definition) is 5. The molecule has 1 aromatic heterocycles. The van der Waals surface area contributed by atoms with Crippen molar-refractivity contribution in [2.45, 2.75) is 37.8 Å². The van der Waals surface area contributed by atoms with E-state index in [9.17, 15) is 9.18 Å². The van der Waals surface area contributed by atoms with E-state index in [-0.39, 0.29) is 11.7 Å². The average Bonchev–Trinajstić information content (AvgIpc) is 3.03. The van der Waals surface area contributed by atoms with Crippen LogP contribution in [0.2, 0.25) is 0 Å². The van der Waals surface area contributed by atoms with E-state index >= 15 is 0 Å². The van der Waals surface area contributed by atoms with Gasteiger partial charge in [-0.3, -0.25) is 9.69 Å². The lowest BCUT2D eigenvalue weighted by atomic mass is 10.00. The standard InChI is InChI=1S/C21H28FN5O2/c1-25(2)19(16-5-3-4-6-17(16)22)21(28)26-10-7-18-23-20(24-27(18)12-11-26)15-8-13-29-14-9-15/h3-6,15,19H,7-14H2,1-2H3. The number of carbonyl (C=O) groups is 1. The van der Waals surface area contributed by atoms with Crippen LogP contribution in [0.25, 0.3) is 0 Å². The van der Waals surface area contributed by atoms with Gasteiger partial charge in [0.1, 0.15) is 17.7 Å². The SMILES string of the molecule is CN(C)C(C(=O)N1CCc2nc(C3CCOCC3)nn2CC1)c1ccccc1F. The van der Waals surface area contributed by atoms with Crippen LogP contribution in [0.4, 0.5) is 4.39 Å². The number of ether oxygens (including phenoxy) is 1. The van der Waals surface area contributed by atoms with Gasteiger partial charge in [-0.1, -0.05) is 18.2 Å². The molecule has 7 nitrogen and oxygen atoms in total. The zero-order valence-electron chi connectivity index (χ0n) is 17.1. The van der Waals surface area contributed by atoms with E-state index in [4.69, 9.17) is 14.8 Å². The van der Waals surface area contributed by atoms with E-state index in [0.717, 1.165) is 37.7 Å². The van der Waals surface area contributed by atoms with Crippen molar-refractivity contribution in [3.8, 4) is 0 Å². The van der Waals surface area contributed by atoms with Crippen LogP contribution < -0.4 is 0 Å². The fourth-order valence-electron chi connectivity index (χ4n) is 4.17. The van der Waals surface area contributed by atoms with E-state index < -0.39 is 6.04 Å². The molecule has 2 aliphatic rings. The molecule has 0 saturated carbocycles. The van der Waals surface area contributed by atoms with E-state index in [1.165, 1.54) is 6.07 Å². The van der Waals surface area contributed by atoms with Crippen molar-refractivity contribution in [2.24, 2.45) is 0 Å². The Kier molecular flexibility index (Phi) is 5.91. The molecule has 1 atom stereocenters. The highest BCUT2D eigenvalue weighted by Crippen LogP contribution is 2.26. The Balaban J connectivity index is 1.48. The molecule has 1 saturated heterocycles.